The number of pyridine rings is 2. The Balaban J connectivity index is 1.49. The second kappa shape index (κ2) is 9.34. The van der Waals surface area contributed by atoms with Crippen LogP contribution < -0.4 is 10.3 Å². The molecule has 0 radical (unpaired) electrons. The van der Waals surface area contributed by atoms with Crippen molar-refractivity contribution in [1.82, 2.24) is 9.55 Å². The topological polar surface area (TPSA) is 44.1 Å². The van der Waals surface area contributed by atoms with E-state index in [1.54, 1.807) is 16.8 Å². The molecule has 0 saturated heterocycles. The molecule has 4 nitrogen and oxygen atoms in total. The zero-order chi connectivity index (χ0) is 20.8. The van der Waals surface area contributed by atoms with Gasteiger partial charge in [-0.15, -0.1) is 11.8 Å². The second-order valence-corrected chi connectivity index (χ2v) is 7.65. The van der Waals surface area contributed by atoms with Gasteiger partial charge in [0.05, 0.1) is 11.4 Å². The molecule has 0 bridgehead atoms. The number of hydrogen-bond donors (Lipinski definition) is 0. The molecule has 2 heterocycles. The van der Waals surface area contributed by atoms with Gasteiger partial charge < -0.3 is 4.74 Å². The molecule has 2 aromatic carbocycles. The Hall–Kier alpha value is -3.49. The first-order valence-corrected chi connectivity index (χ1v) is 10.5. The highest BCUT2D eigenvalue weighted by Crippen LogP contribution is 2.26. The van der Waals surface area contributed by atoms with Gasteiger partial charge in [0, 0.05) is 22.5 Å². The number of thioether (sulfide) groups is 1. The number of rotatable bonds is 5. The molecule has 5 heteroatoms. The van der Waals surface area contributed by atoms with Gasteiger partial charge in [0.15, 0.2) is 0 Å². The highest BCUT2D eigenvalue weighted by atomic mass is 32.2. The SMILES string of the molecule is Cc1ccc(OCC#CCSc2cc(=O)n(-c3ccccc3)c3ncccc23)cc1. The number of benzene rings is 2. The molecule has 0 atom stereocenters. The van der Waals surface area contributed by atoms with E-state index in [-0.39, 0.29) is 5.56 Å². The zero-order valence-corrected chi connectivity index (χ0v) is 17.4. The largest absolute Gasteiger partial charge is 0.481 e. The fourth-order valence-electron chi connectivity index (χ4n) is 3.04. The Bertz CT molecular complexity index is 1270. The number of fused-ring (bicyclic) bond motifs is 1. The average molecular weight is 413 g/mol. The van der Waals surface area contributed by atoms with E-state index in [9.17, 15) is 4.79 Å². The predicted molar refractivity (Wildman–Crippen MR) is 123 cm³/mol. The van der Waals surface area contributed by atoms with E-state index in [1.807, 2.05) is 73.7 Å². The smallest absolute Gasteiger partial charge is 0.257 e. The summed E-state index contributed by atoms with van der Waals surface area (Å²) in [6.07, 6.45) is 1.71. The Kier molecular flexibility index (Phi) is 6.17. The molecule has 0 unspecified atom stereocenters. The monoisotopic (exact) mass is 412 g/mol. The Morgan fingerprint density at radius 3 is 2.60 bits per heavy atom. The van der Waals surface area contributed by atoms with Crippen LogP contribution in [-0.2, 0) is 0 Å². The molecular formula is C25H20N2O2S. The molecule has 0 aliphatic carbocycles. The summed E-state index contributed by atoms with van der Waals surface area (Å²) in [4.78, 5) is 18.2. The van der Waals surface area contributed by atoms with E-state index in [1.165, 1.54) is 17.3 Å². The van der Waals surface area contributed by atoms with Crippen LogP contribution in [-0.4, -0.2) is 21.9 Å². The normalized spacial score (nSPS) is 10.4. The van der Waals surface area contributed by atoms with Crippen molar-refractivity contribution in [1.29, 1.82) is 0 Å². The van der Waals surface area contributed by atoms with Gasteiger partial charge in [-0.05, 0) is 43.3 Å². The van der Waals surface area contributed by atoms with Crippen molar-refractivity contribution >= 4 is 22.8 Å². The zero-order valence-electron chi connectivity index (χ0n) is 16.5. The summed E-state index contributed by atoms with van der Waals surface area (Å²) in [5.41, 5.74) is 2.54. The highest BCUT2D eigenvalue weighted by Gasteiger charge is 2.11. The van der Waals surface area contributed by atoms with Crippen molar-refractivity contribution in [2.24, 2.45) is 0 Å². The summed E-state index contributed by atoms with van der Waals surface area (Å²) in [6, 6.07) is 23.0. The van der Waals surface area contributed by atoms with Gasteiger partial charge in [0.2, 0.25) is 0 Å². The van der Waals surface area contributed by atoms with E-state index < -0.39 is 0 Å². The fraction of sp³-hybridized carbons (Fsp3) is 0.120. The van der Waals surface area contributed by atoms with Crippen LogP contribution in [0.5, 0.6) is 5.75 Å². The van der Waals surface area contributed by atoms with Gasteiger partial charge in [-0.3, -0.25) is 9.36 Å². The number of aromatic nitrogens is 2. The van der Waals surface area contributed by atoms with Gasteiger partial charge >= 0.3 is 0 Å². The summed E-state index contributed by atoms with van der Waals surface area (Å²) in [6.45, 7) is 2.37. The maximum absolute atomic E-state index is 12.8. The van der Waals surface area contributed by atoms with Crippen LogP contribution in [0.4, 0.5) is 0 Å². The Labute approximate surface area is 179 Å². The lowest BCUT2D eigenvalue weighted by Crippen LogP contribution is -2.19. The van der Waals surface area contributed by atoms with Gasteiger partial charge in [0.1, 0.15) is 18.0 Å². The second-order valence-electron chi connectivity index (χ2n) is 6.64. The number of nitrogens with zero attached hydrogens (tertiary/aromatic N) is 2. The van der Waals surface area contributed by atoms with Crippen molar-refractivity contribution in [3.8, 4) is 23.3 Å². The van der Waals surface area contributed by atoms with Gasteiger partial charge in [0.25, 0.3) is 5.56 Å². The van der Waals surface area contributed by atoms with Crippen LogP contribution in [0.25, 0.3) is 16.7 Å². The van der Waals surface area contributed by atoms with Crippen molar-refractivity contribution in [2.75, 3.05) is 12.4 Å². The highest BCUT2D eigenvalue weighted by molar-refractivity contribution is 7.99. The van der Waals surface area contributed by atoms with Crippen molar-refractivity contribution in [2.45, 2.75) is 11.8 Å². The Morgan fingerprint density at radius 1 is 1.00 bits per heavy atom. The summed E-state index contributed by atoms with van der Waals surface area (Å²) in [7, 11) is 0. The first-order valence-electron chi connectivity index (χ1n) is 9.56. The fourth-order valence-corrected chi connectivity index (χ4v) is 3.87. The third kappa shape index (κ3) is 4.56. The minimum absolute atomic E-state index is 0.106. The molecule has 4 rings (SSSR count). The average Bonchev–Trinajstić information content (AvgIpc) is 2.78. The molecule has 148 valence electrons. The third-order valence-corrected chi connectivity index (χ3v) is 5.45. The lowest BCUT2D eigenvalue weighted by molar-refractivity contribution is 0.370. The number of hydrogen-bond acceptors (Lipinski definition) is 4. The number of aryl methyl sites for hydroxylation is 1. The summed E-state index contributed by atoms with van der Waals surface area (Å²) >= 11 is 1.53. The van der Waals surface area contributed by atoms with Crippen LogP contribution in [0.2, 0.25) is 0 Å². The molecule has 0 N–H and O–H groups in total. The van der Waals surface area contributed by atoms with E-state index in [0.717, 1.165) is 21.7 Å². The van der Waals surface area contributed by atoms with E-state index in [0.29, 0.717) is 18.0 Å². The van der Waals surface area contributed by atoms with Crippen LogP contribution in [0, 0.1) is 18.8 Å². The molecule has 0 aliphatic rings. The lowest BCUT2D eigenvalue weighted by Gasteiger charge is -2.11. The van der Waals surface area contributed by atoms with Gasteiger partial charge in [-0.2, -0.15) is 0 Å². The molecular weight excluding hydrogens is 392 g/mol. The predicted octanol–water partition coefficient (Wildman–Crippen LogP) is 4.87. The van der Waals surface area contributed by atoms with Crippen molar-refractivity contribution in [3.63, 3.8) is 0 Å². The van der Waals surface area contributed by atoms with Crippen molar-refractivity contribution < 1.29 is 4.74 Å². The van der Waals surface area contributed by atoms with Crippen LogP contribution in [0.1, 0.15) is 5.56 Å². The van der Waals surface area contributed by atoms with E-state index in [2.05, 4.69) is 16.8 Å². The van der Waals surface area contributed by atoms with Crippen LogP contribution >= 0.6 is 11.8 Å². The molecule has 4 aromatic rings. The van der Waals surface area contributed by atoms with Crippen molar-refractivity contribution in [3.05, 3.63) is 94.9 Å². The maximum Gasteiger partial charge on any atom is 0.257 e. The minimum atomic E-state index is -0.106. The standard InChI is InChI=1S/C25H20N2O2S/c1-19-11-13-21(14-12-19)29-16-5-6-17-30-23-18-24(28)27(20-8-3-2-4-9-20)25-22(23)10-7-15-26-25/h2-4,7-15,18H,16-17H2,1H3. The lowest BCUT2D eigenvalue weighted by atomic mass is 10.2. The molecule has 0 aliphatic heterocycles. The first kappa shape index (κ1) is 19.8. The summed E-state index contributed by atoms with van der Waals surface area (Å²) < 4.78 is 7.26. The summed E-state index contributed by atoms with van der Waals surface area (Å²) in [5, 5.41) is 0.934. The number of ether oxygens (including phenoxy) is 1. The molecule has 0 saturated carbocycles. The number of para-hydroxylation sites is 1. The molecule has 0 fully saturated rings. The van der Waals surface area contributed by atoms with Crippen LogP contribution in [0.15, 0.2) is 88.7 Å². The molecule has 2 aromatic heterocycles. The van der Waals surface area contributed by atoms with E-state index >= 15 is 0 Å². The third-order valence-electron chi connectivity index (χ3n) is 4.51. The quantitative estimate of drug-likeness (QED) is 0.347. The van der Waals surface area contributed by atoms with Gasteiger partial charge in [-0.1, -0.05) is 47.7 Å². The Morgan fingerprint density at radius 2 is 1.80 bits per heavy atom. The van der Waals surface area contributed by atoms with Gasteiger partial charge in [-0.25, -0.2) is 4.98 Å². The molecule has 0 spiro atoms. The first-order chi connectivity index (χ1) is 14.7. The van der Waals surface area contributed by atoms with Crippen LogP contribution in [0.3, 0.4) is 0 Å². The van der Waals surface area contributed by atoms with E-state index in [4.69, 9.17) is 4.74 Å². The molecule has 0 amide bonds. The maximum atomic E-state index is 12.8. The summed E-state index contributed by atoms with van der Waals surface area (Å²) in [5.74, 6) is 7.51. The minimum Gasteiger partial charge on any atom is -0.481 e. The molecule has 30 heavy (non-hydrogen) atoms.